The van der Waals surface area contributed by atoms with Crippen LogP contribution in [0.2, 0.25) is 0 Å². The van der Waals surface area contributed by atoms with Crippen molar-refractivity contribution in [3.8, 4) is 0 Å². The van der Waals surface area contributed by atoms with Gasteiger partial charge in [-0.1, -0.05) is 55.4 Å². The minimum Gasteiger partial charge on any atom is -0.317 e. The Morgan fingerprint density at radius 2 is 1.07 bits per heavy atom. The molecule has 0 fully saturated rings. The fourth-order valence-electron chi connectivity index (χ4n) is 0.354. The first-order valence-corrected chi connectivity index (χ1v) is 6.09. The third-order valence-corrected chi connectivity index (χ3v) is 0.677. The Hall–Kier alpha value is -0.0400. The Balaban J connectivity index is -0.000000135. The summed E-state index contributed by atoms with van der Waals surface area (Å²) in [6.07, 6.45) is 1.24. The van der Waals surface area contributed by atoms with Crippen LogP contribution in [0.1, 0.15) is 61.8 Å². The van der Waals surface area contributed by atoms with E-state index < -0.39 is 0 Å². The van der Waals surface area contributed by atoms with E-state index in [0.717, 1.165) is 24.9 Å². The lowest BCUT2D eigenvalue weighted by Gasteiger charge is -1.91. The molecule has 0 saturated carbocycles. The fourth-order valence-corrected chi connectivity index (χ4v) is 0.354. The number of rotatable bonds is 3. The lowest BCUT2D eigenvalue weighted by molar-refractivity contribution is 0.703. The fraction of sp³-hybridized carbons (Fsp3) is 1.00. The lowest BCUT2D eigenvalue weighted by atomic mass is 10.3. The zero-order valence-corrected chi connectivity index (χ0v) is 11.8. The molecule has 0 aromatic heterocycles. The largest absolute Gasteiger partial charge is 0.317 e. The van der Waals surface area contributed by atoms with Crippen molar-refractivity contribution in [1.82, 2.24) is 5.32 Å². The van der Waals surface area contributed by atoms with E-state index in [1.165, 1.54) is 6.42 Å². The Morgan fingerprint density at radius 1 is 0.786 bits per heavy atom. The molecule has 0 aliphatic heterocycles. The van der Waals surface area contributed by atoms with Crippen LogP contribution in [0.25, 0.3) is 0 Å². The molecule has 0 atom stereocenters. The van der Waals surface area contributed by atoms with Crippen molar-refractivity contribution in [3.05, 3.63) is 0 Å². The lowest BCUT2D eigenvalue weighted by Crippen LogP contribution is -2.12. The smallest absolute Gasteiger partial charge is 0.00517 e. The summed E-state index contributed by atoms with van der Waals surface area (Å²) in [5.41, 5.74) is 0. The van der Waals surface area contributed by atoms with Gasteiger partial charge >= 0.3 is 0 Å². The average molecular weight is 203 g/mol. The van der Waals surface area contributed by atoms with Crippen molar-refractivity contribution in [2.75, 3.05) is 13.1 Å². The van der Waals surface area contributed by atoms with Crippen LogP contribution in [-0.2, 0) is 0 Å². The van der Waals surface area contributed by atoms with Gasteiger partial charge in [-0.15, -0.1) is 0 Å². The van der Waals surface area contributed by atoms with Crippen LogP contribution in [0.15, 0.2) is 0 Å². The molecule has 0 heterocycles. The predicted molar refractivity (Wildman–Crippen MR) is 69.9 cm³/mol. The summed E-state index contributed by atoms with van der Waals surface area (Å²) in [6.45, 7) is 19.6. The molecule has 0 aromatic rings. The van der Waals surface area contributed by atoms with Gasteiger partial charge in [0, 0.05) is 0 Å². The average Bonchev–Trinajstić information content (AvgIpc) is 1.98. The molecular formula is C13H33N. The van der Waals surface area contributed by atoms with Crippen LogP contribution in [-0.4, -0.2) is 13.1 Å². The van der Waals surface area contributed by atoms with Gasteiger partial charge in [0.15, 0.2) is 0 Å². The number of hydrogen-bond donors (Lipinski definition) is 1. The van der Waals surface area contributed by atoms with Crippen LogP contribution in [0, 0.1) is 11.8 Å². The van der Waals surface area contributed by atoms with Crippen LogP contribution < -0.4 is 5.32 Å². The molecule has 0 spiro atoms. The van der Waals surface area contributed by atoms with Gasteiger partial charge in [0.25, 0.3) is 0 Å². The Morgan fingerprint density at radius 3 is 1.14 bits per heavy atom. The molecule has 0 amide bonds. The maximum absolute atomic E-state index is 3.20. The van der Waals surface area contributed by atoms with Crippen LogP contribution >= 0.6 is 0 Å². The summed E-state index contributed by atoms with van der Waals surface area (Å²) in [5, 5.41) is 3.20. The van der Waals surface area contributed by atoms with E-state index in [1.807, 2.05) is 0 Å². The third-order valence-electron chi connectivity index (χ3n) is 0.677. The summed E-state index contributed by atoms with van der Waals surface area (Å²) in [7, 11) is 0. The van der Waals surface area contributed by atoms with Crippen LogP contribution in [0.4, 0.5) is 0 Å². The highest BCUT2D eigenvalue weighted by molar-refractivity contribution is 4.35. The second-order valence-corrected chi connectivity index (χ2v) is 4.82. The van der Waals surface area contributed by atoms with Gasteiger partial charge in [-0.2, -0.15) is 0 Å². The predicted octanol–water partition coefficient (Wildman–Crippen LogP) is 4.33. The van der Waals surface area contributed by atoms with Crippen molar-refractivity contribution in [3.63, 3.8) is 0 Å². The van der Waals surface area contributed by atoms with Crippen molar-refractivity contribution in [2.45, 2.75) is 61.8 Å². The normalized spacial score (nSPS) is 9.00. The molecule has 0 radical (unpaired) electrons. The van der Waals surface area contributed by atoms with Crippen molar-refractivity contribution < 1.29 is 0 Å². The summed E-state index contributed by atoms with van der Waals surface area (Å²) < 4.78 is 0. The van der Waals surface area contributed by atoms with Gasteiger partial charge in [0.1, 0.15) is 0 Å². The van der Waals surface area contributed by atoms with E-state index in [1.54, 1.807) is 0 Å². The van der Waals surface area contributed by atoms with Gasteiger partial charge in [0.05, 0.1) is 0 Å². The Bertz CT molecular complexity index is 52.1. The van der Waals surface area contributed by atoms with E-state index >= 15 is 0 Å². The molecule has 0 unspecified atom stereocenters. The number of nitrogens with one attached hydrogen (secondary N) is 1. The van der Waals surface area contributed by atoms with Gasteiger partial charge in [0.2, 0.25) is 0 Å². The minimum atomic E-state index is 0.833. The van der Waals surface area contributed by atoms with Gasteiger partial charge < -0.3 is 5.32 Å². The van der Waals surface area contributed by atoms with Crippen molar-refractivity contribution >= 4 is 0 Å². The molecular weight excluding hydrogens is 170 g/mol. The summed E-state index contributed by atoms with van der Waals surface area (Å²) in [6, 6.07) is 0. The van der Waals surface area contributed by atoms with Crippen molar-refractivity contribution in [2.24, 2.45) is 11.8 Å². The van der Waals surface area contributed by atoms with Gasteiger partial charge in [-0.05, 0) is 31.3 Å². The minimum absolute atomic E-state index is 0.833. The highest BCUT2D eigenvalue weighted by atomic mass is 14.8. The molecule has 1 N–H and O–H groups in total. The first-order valence-electron chi connectivity index (χ1n) is 6.09. The van der Waals surface area contributed by atoms with E-state index in [9.17, 15) is 0 Å². The van der Waals surface area contributed by atoms with Crippen molar-refractivity contribution in [1.29, 1.82) is 0 Å². The van der Waals surface area contributed by atoms with Gasteiger partial charge in [-0.3, -0.25) is 0 Å². The molecule has 90 valence electrons. The van der Waals surface area contributed by atoms with E-state index in [4.69, 9.17) is 0 Å². The first kappa shape index (κ1) is 19.5. The quantitative estimate of drug-likeness (QED) is 0.673. The highest BCUT2D eigenvalue weighted by Gasteiger charge is 1.71. The second kappa shape index (κ2) is 18.7. The molecule has 1 nitrogen and oxygen atoms in total. The highest BCUT2D eigenvalue weighted by Crippen LogP contribution is 1.81. The SMILES string of the molecule is CC(C)C.CC(C)C.CCCNCC. The van der Waals surface area contributed by atoms with Crippen LogP contribution in [0.5, 0.6) is 0 Å². The maximum Gasteiger partial charge on any atom is -0.00517 e. The summed E-state index contributed by atoms with van der Waals surface area (Å²) in [4.78, 5) is 0. The van der Waals surface area contributed by atoms with Crippen LogP contribution in [0.3, 0.4) is 0 Å². The zero-order valence-electron chi connectivity index (χ0n) is 11.8. The van der Waals surface area contributed by atoms with Gasteiger partial charge in [-0.25, -0.2) is 0 Å². The molecule has 0 aliphatic carbocycles. The van der Waals surface area contributed by atoms with E-state index in [0.29, 0.717) is 0 Å². The first-order chi connectivity index (χ1) is 6.38. The monoisotopic (exact) mass is 203 g/mol. The molecule has 0 aromatic carbocycles. The topological polar surface area (TPSA) is 12.0 Å². The summed E-state index contributed by atoms with van der Waals surface area (Å²) in [5.74, 6) is 1.67. The standard InChI is InChI=1S/C5H13N.2C4H10/c1-3-5-6-4-2;2*1-4(2)3/h6H,3-5H2,1-2H3;2*4H,1-3H3. The molecule has 0 bridgehead atoms. The maximum atomic E-state index is 3.20. The third kappa shape index (κ3) is 164. The molecule has 0 aliphatic rings. The second-order valence-electron chi connectivity index (χ2n) is 4.82. The molecule has 1 heteroatoms. The molecule has 14 heavy (non-hydrogen) atoms. The summed E-state index contributed by atoms with van der Waals surface area (Å²) >= 11 is 0. The number of hydrogen-bond acceptors (Lipinski definition) is 1. The molecule has 0 rings (SSSR count). The van der Waals surface area contributed by atoms with E-state index in [-0.39, 0.29) is 0 Å². The molecule has 0 saturated heterocycles. The Labute approximate surface area is 92.7 Å². The Kier molecular flexibility index (Phi) is 26.1. The van der Waals surface area contributed by atoms with E-state index in [2.05, 4.69) is 60.7 Å². The zero-order chi connectivity index (χ0) is 12.0.